The molecule has 2 aromatic rings. The van der Waals surface area contributed by atoms with Gasteiger partial charge in [-0.25, -0.2) is 4.98 Å². The maximum Gasteiger partial charge on any atom is 0.273 e. The number of nitrogens with zero attached hydrogens (tertiary/aromatic N) is 4. The molecule has 7 heteroatoms. The molecule has 0 aromatic carbocycles. The Morgan fingerprint density at radius 3 is 2.79 bits per heavy atom. The van der Waals surface area contributed by atoms with Gasteiger partial charge in [-0.3, -0.25) is 19.6 Å². The molecular weight excluding hydrogens is 306 g/mol. The molecule has 1 aliphatic heterocycles. The zero-order valence-electron chi connectivity index (χ0n) is 13.7. The lowest BCUT2D eigenvalue weighted by molar-refractivity contribution is -0.131. The third kappa shape index (κ3) is 2.51. The molecular formula is C17H19N5O2. The average Bonchev–Trinajstić information content (AvgIpc) is 3.07. The Bertz CT molecular complexity index is 765. The van der Waals surface area contributed by atoms with E-state index in [1.54, 1.807) is 36.5 Å². The maximum absolute atomic E-state index is 13.0. The van der Waals surface area contributed by atoms with Crippen LogP contribution in [0.3, 0.4) is 0 Å². The van der Waals surface area contributed by atoms with Crippen molar-refractivity contribution in [1.82, 2.24) is 25.2 Å². The SMILES string of the molecule is CNC(=O)[C@]1(c2cnccn2)CCCN1C(=O)c1cccc(C)n1. The Kier molecular flexibility index (Phi) is 4.24. The molecule has 1 saturated heterocycles. The van der Waals surface area contributed by atoms with E-state index >= 15 is 0 Å². The van der Waals surface area contributed by atoms with Crippen LogP contribution >= 0.6 is 0 Å². The highest BCUT2D eigenvalue weighted by atomic mass is 16.2. The van der Waals surface area contributed by atoms with Crippen LogP contribution in [-0.4, -0.2) is 45.3 Å². The van der Waals surface area contributed by atoms with Crippen molar-refractivity contribution in [2.24, 2.45) is 0 Å². The predicted molar refractivity (Wildman–Crippen MR) is 87.0 cm³/mol. The molecule has 0 aliphatic carbocycles. The Morgan fingerprint density at radius 1 is 1.29 bits per heavy atom. The normalized spacial score (nSPS) is 20.0. The molecule has 24 heavy (non-hydrogen) atoms. The molecule has 0 bridgehead atoms. The largest absolute Gasteiger partial charge is 0.357 e. The van der Waals surface area contributed by atoms with Crippen LogP contribution in [0.5, 0.6) is 0 Å². The lowest BCUT2D eigenvalue weighted by Crippen LogP contribution is -2.55. The predicted octanol–water partition coefficient (Wildman–Crippen LogP) is 1.06. The van der Waals surface area contributed by atoms with Crippen LogP contribution in [0, 0.1) is 6.92 Å². The zero-order valence-corrected chi connectivity index (χ0v) is 13.7. The van der Waals surface area contributed by atoms with Crippen molar-refractivity contribution in [1.29, 1.82) is 0 Å². The van der Waals surface area contributed by atoms with Crippen molar-refractivity contribution in [3.63, 3.8) is 0 Å². The number of likely N-dealkylation sites (tertiary alicyclic amines) is 1. The summed E-state index contributed by atoms with van der Waals surface area (Å²) in [6.07, 6.45) is 5.84. The fourth-order valence-corrected chi connectivity index (χ4v) is 3.23. The Morgan fingerprint density at radius 2 is 2.12 bits per heavy atom. The first-order chi connectivity index (χ1) is 11.6. The molecule has 3 rings (SSSR count). The first kappa shape index (κ1) is 16.0. The maximum atomic E-state index is 13.0. The second-order valence-electron chi connectivity index (χ2n) is 5.75. The summed E-state index contributed by atoms with van der Waals surface area (Å²) >= 11 is 0. The summed E-state index contributed by atoms with van der Waals surface area (Å²) in [7, 11) is 1.56. The highest BCUT2D eigenvalue weighted by molar-refractivity contribution is 5.98. The number of pyridine rings is 1. The van der Waals surface area contributed by atoms with Crippen molar-refractivity contribution < 1.29 is 9.59 Å². The quantitative estimate of drug-likeness (QED) is 0.911. The summed E-state index contributed by atoms with van der Waals surface area (Å²) in [6.45, 7) is 2.30. The molecule has 0 radical (unpaired) electrons. The molecule has 0 spiro atoms. The Balaban J connectivity index is 2.08. The van der Waals surface area contributed by atoms with Gasteiger partial charge in [-0.15, -0.1) is 0 Å². The van der Waals surface area contributed by atoms with Crippen LogP contribution in [0.2, 0.25) is 0 Å². The third-order valence-corrected chi connectivity index (χ3v) is 4.32. The number of aryl methyl sites for hydroxylation is 1. The number of rotatable bonds is 3. The number of nitrogens with one attached hydrogen (secondary N) is 1. The molecule has 1 fully saturated rings. The monoisotopic (exact) mass is 325 g/mol. The number of carbonyl (C=O) groups is 2. The van der Waals surface area contributed by atoms with Crippen LogP contribution in [-0.2, 0) is 10.3 Å². The molecule has 2 amide bonds. The van der Waals surface area contributed by atoms with Crippen molar-refractivity contribution in [2.45, 2.75) is 25.3 Å². The summed E-state index contributed by atoms with van der Waals surface area (Å²) < 4.78 is 0. The number of amides is 2. The van der Waals surface area contributed by atoms with Gasteiger partial charge in [0.1, 0.15) is 5.69 Å². The molecule has 1 N–H and O–H groups in total. The number of carbonyl (C=O) groups excluding carboxylic acids is 2. The highest BCUT2D eigenvalue weighted by Crippen LogP contribution is 2.38. The van der Waals surface area contributed by atoms with Gasteiger partial charge >= 0.3 is 0 Å². The minimum absolute atomic E-state index is 0.262. The second kappa shape index (κ2) is 6.35. The van der Waals surface area contributed by atoms with Crippen molar-refractivity contribution in [2.75, 3.05) is 13.6 Å². The van der Waals surface area contributed by atoms with Crippen LogP contribution in [0.4, 0.5) is 0 Å². The fraction of sp³-hybridized carbons (Fsp3) is 0.353. The summed E-state index contributed by atoms with van der Waals surface area (Å²) in [5.74, 6) is -0.535. The smallest absolute Gasteiger partial charge is 0.273 e. The van der Waals surface area contributed by atoms with E-state index in [2.05, 4.69) is 20.3 Å². The lowest BCUT2D eigenvalue weighted by Gasteiger charge is -2.35. The van der Waals surface area contributed by atoms with E-state index in [1.807, 2.05) is 13.0 Å². The topological polar surface area (TPSA) is 88.1 Å². The Labute approximate surface area is 140 Å². The Hall–Kier alpha value is -2.83. The second-order valence-corrected chi connectivity index (χ2v) is 5.75. The molecule has 124 valence electrons. The molecule has 2 aromatic heterocycles. The molecule has 0 saturated carbocycles. The van der Waals surface area contributed by atoms with Crippen molar-refractivity contribution >= 4 is 11.8 Å². The van der Waals surface area contributed by atoms with E-state index < -0.39 is 5.54 Å². The number of hydrogen-bond donors (Lipinski definition) is 1. The molecule has 7 nitrogen and oxygen atoms in total. The minimum Gasteiger partial charge on any atom is -0.357 e. The molecule has 1 aliphatic rings. The van der Waals surface area contributed by atoms with Gasteiger partial charge in [0.05, 0.1) is 11.9 Å². The molecule has 3 heterocycles. The fourth-order valence-electron chi connectivity index (χ4n) is 3.23. The van der Waals surface area contributed by atoms with Crippen LogP contribution in [0.1, 0.15) is 34.7 Å². The number of hydrogen-bond acceptors (Lipinski definition) is 5. The summed E-state index contributed by atoms with van der Waals surface area (Å²) in [6, 6.07) is 5.28. The summed E-state index contributed by atoms with van der Waals surface area (Å²) in [5, 5.41) is 2.67. The van der Waals surface area contributed by atoms with Crippen LogP contribution in [0.25, 0.3) is 0 Å². The van der Waals surface area contributed by atoms with Gasteiger partial charge in [-0.2, -0.15) is 0 Å². The van der Waals surface area contributed by atoms with E-state index in [-0.39, 0.29) is 11.8 Å². The van der Waals surface area contributed by atoms with Gasteiger partial charge in [-0.1, -0.05) is 6.07 Å². The van der Waals surface area contributed by atoms with Gasteiger partial charge in [-0.05, 0) is 31.9 Å². The summed E-state index contributed by atoms with van der Waals surface area (Å²) in [4.78, 5) is 40.1. The lowest BCUT2D eigenvalue weighted by atomic mass is 9.90. The van der Waals surface area contributed by atoms with E-state index in [0.29, 0.717) is 30.8 Å². The van der Waals surface area contributed by atoms with E-state index in [9.17, 15) is 9.59 Å². The van der Waals surface area contributed by atoms with Gasteiger partial charge in [0, 0.05) is 31.7 Å². The van der Waals surface area contributed by atoms with Crippen molar-refractivity contribution in [3.8, 4) is 0 Å². The summed E-state index contributed by atoms with van der Waals surface area (Å²) in [5.41, 5.74) is 0.410. The standard InChI is InChI=1S/C17H19N5O2/c1-12-5-3-6-13(21-12)15(23)22-10-4-7-17(22,16(24)18-2)14-11-19-8-9-20-14/h3,5-6,8-9,11H,4,7,10H2,1-2H3,(H,18,24)/t17-/m1/s1. The number of aromatic nitrogens is 3. The van der Waals surface area contributed by atoms with Crippen LogP contribution < -0.4 is 5.32 Å². The highest BCUT2D eigenvalue weighted by Gasteiger charge is 2.52. The van der Waals surface area contributed by atoms with Gasteiger partial charge in [0.25, 0.3) is 11.8 Å². The van der Waals surface area contributed by atoms with Crippen LogP contribution in [0.15, 0.2) is 36.8 Å². The molecule has 1 atom stereocenters. The van der Waals surface area contributed by atoms with E-state index in [1.165, 1.54) is 6.20 Å². The number of likely N-dealkylation sites (N-methyl/N-ethyl adjacent to an activating group) is 1. The zero-order chi connectivity index (χ0) is 17.2. The van der Waals surface area contributed by atoms with Gasteiger partial charge in [0.2, 0.25) is 0 Å². The first-order valence-corrected chi connectivity index (χ1v) is 7.84. The van der Waals surface area contributed by atoms with E-state index in [4.69, 9.17) is 0 Å². The van der Waals surface area contributed by atoms with Gasteiger partial charge in [0.15, 0.2) is 5.54 Å². The average molecular weight is 325 g/mol. The first-order valence-electron chi connectivity index (χ1n) is 7.84. The third-order valence-electron chi connectivity index (χ3n) is 4.32. The van der Waals surface area contributed by atoms with Gasteiger partial charge < -0.3 is 10.2 Å². The molecule has 0 unspecified atom stereocenters. The minimum atomic E-state index is -1.15. The van der Waals surface area contributed by atoms with E-state index in [0.717, 1.165) is 5.69 Å². The van der Waals surface area contributed by atoms with Crippen molar-refractivity contribution in [3.05, 3.63) is 53.9 Å².